The van der Waals surface area contributed by atoms with Gasteiger partial charge in [-0.05, 0) is 17.9 Å². The second-order valence-corrected chi connectivity index (χ2v) is 7.43. The topological polar surface area (TPSA) is 122 Å². The molecule has 160 valence electrons. The highest BCUT2D eigenvalue weighted by atomic mass is 16.2. The molecule has 0 aliphatic heterocycles. The molecule has 0 aliphatic rings. The van der Waals surface area contributed by atoms with Crippen LogP contribution in [0, 0.1) is 5.92 Å². The molecule has 1 rings (SSSR count). The summed E-state index contributed by atoms with van der Waals surface area (Å²) in [5, 5.41) is 5.11. The summed E-state index contributed by atoms with van der Waals surface area (Å²) in [4.78, 5) is 49.9. The van der Waals surface area contributed by atoms with E-state index in [0.29, 0.717) is 12.8 Å². The van der Waals surface area contributed by atoms with Gasteiger partial charge in [-0.3, -0.25) is 19.2 Å². The van der Waals surface area contributed by atoms with Crippen molar-refractivity contribution >= 4 is 23.6 Å². The number of nitrogens with two attached hydrogens (primary N) is 1. The van der Waals surface area contributed by atoms with Gasteiger partial charge in [0, 0.05) is 19.9 Å². The molecule has 1 aromatic rings. The van der Waals surface area contributed by atoms with Crippen LogP contribution < -0.4 is 16.4 Å². The molecule has 0 spiro atoms. The summed E-state index contributed by atoms with van der Waals surface area (Å²) in [6.45, 7) is 5.25. The van der Waals surface area contributed by atoms with E-state index in [2.05, 4.69) is 10.6 Å². The van der Waals surface area contributed by atoms with Crippen molar-refractivity contribution in [3.8, 4) is 0 Å². The molecular formula is C21H32N4O4. The number of amides is 4. The van der Waals surface area contributed by atoms with Crippen LogP contribution in [0.3, 0.4) is 0 Å². The zero-order valence-electron chi connectivity index (χ0n) is 17.6. The Kier molecular flexibility index (Phi) is 9.85. The summed E-state index contributed by atoms with van der Waals surface area (Å²) in [5.74, 6) is -1.56. The third-order valence-corrected chi connectivity index (χ3v) is 4.55. The van der Waals surface area contributed by atoms with Crippen molar-refractivity contribution in [2.75, 3.05) is 13.6 Å². The highest BCUT2D eigenvalue weighted by Crippen LogP contribution is 2.10. The monoisotopic (exact) mass is 404 g/mol. The van der Waals surface area contributed by atoms with Crippen molar-refractivity contribution in [2.24, 2.45) is 11.7 Å². The lowest BCUT2D eigenvalue weighted by molar-refractivity contribution is -0.139. The van der Waals surface area contributed by atoms with E-state index in [1.165, 1.54) is 4.90 Å². The van der Waals surface area contributed by atoms with E-state index >= 15 is 0 Å². The standard InChI is InChI=1S/C21H32N4O4/c1-5-19(27)25(4)17(12-15-9-7-6-8-10-15)21(29)23-13-18(26)24-16(20(22)28)11-14(2)3/h6-10,14,16-17H,5,11-13H2,1-4H3,(H2,22,28)(H,23,29)(H,24,26)/t16-,17-/m0/s1. The summed E-state index contributed by atoms with van der Waals surface area (Å²) in [7, 11) is 1.57. The Morgan fingerprint density at radius 1 is 1.10 bits per heavy atom. The van der Waals surface area contributed by atoms with E-state index in [0.717, 1.165) is 5.56 Å². The molecule has 0 fully saturated rings. The maximum Gasteiger partial charge on any atom is 0.243 e. The molecule has 8 heteroatoms. The van der Waals surface area contributed by atoms with Crippen molar-refractivity contribution in [3.05, 3.63) is 35.9 Å². The van der Waals surface area contributed by atoms with Crippen LogP contribution in [0.25, 0.3) is 0 Å². The molecule has 8 nitrogen and oxygen atoms in total. The number of carbonyl (C=O) groups excluding carboxylic acids is 4. The van der Waals surface area contributed by atoms with Gasteiger partial charge in [-0.25, -0.2) is 0 Å². The van der Waals surface area contributed by atoms with Crippen LogP contribution in [0.1, 0.15) is 39.2 Å². The van der Waals surface area contributed by atoms with Crippen LogP contribution in [0.15, 0.2) is 30.3 Å². The van der Waals surface area contributed by atoms with Gasteiger partial charge < -0.3 is 21.3 Å². The van der Waals surface area contributed by atoms with Gasteiger partial charge in [0.15, 0.2) is 0 Å². The zero-order chi connectivity index (χ0) is 22.0. The first kappa shape index (κ1) is 24.1. The first-order chi connectivity index (χ1) is 13.6. The Balaban J connectivity index is 2.77. The quantitative estimate of drug-likeness (QED) is 0.500. The van der Waals surface area contributed by atoms with E-state index in [9.17, 15) is 19.2 Å². The number of likely N-dealkylation sites (N-methyl/N-ethyl adjacent to an activating group) is 1. The van der Waals surface area contributed by atoms with E-state index in [4.69, 9.17) is 5.73 Å². The lowest BCUT2D eigenvalue weighted by Gasteiger charge is -2.27. The minimum Gasteiger partial charge on any atom is -0.368 e. The molecule has 0 radical (unpaired) electrons. The van der Waals surface area contributed by atoms with Gasteiger partial charge in [-0.2, -0.15) is 0 Å². The maximum atomic E-state index is 12.7. The second-order valence-electron chi connectivity index (χ2n) is 7.43. The molecule has 4 amide bonds. The van der Waals surface area contributed by atoms with E-state index in [1.54, 1.807) is 14.0 Å². The highest BCUT2D eigenvalue weighted by molar-refractivity contribution is 5.92. The number of nitrogens with one attached hydrogen (secondary N) is 2. The van der Waals surface area contributed by atoms with Crippen LogP contribution in [0.2, 0.25) is 0 Å². The lowest BCUT2D eigenvalue weighted by Crippen LogP contribution is -2.52. The number of hydrogen-bond donors (Lipinski definition) is 3. The van der Waals surface area contributed by atoms with E-state index in [-0.39, 0.29) is 24.8 Å². The molecule has 0 saturated heterocycles. The van der Waals surface area contributed by atoms with Gasteiger partial charge in [0.05, 0.1) is 6.54 Å². The summed E-state index contributed by atoms with van der Waals surface area (Å²) in [5.41, 5.74) is 6.23. The van der Waals surface area contributed by atoms with E-state index in [1.807, 2.05) is 44.2 Å². The van der Waals surface area contributed by atoms with Gasteiger partial charge in [0.2, 0.25) is 23.6 Å². The van der Waals surface area contributed by atoms with Gasteiger partial charge in [0.1, 0.15) is 12.1 Å². The maximum absolute atomic E-state index is 12.7. The van der Waals surface area contributed by atoms with Gasteiger partial charge in [-0.15, -0.1) is 0 Å². The lowest BCUT2D eigenvalue weighted by atomic mass is 10.0. The first-order valence-electron chi connectivity index (χ1n) is 9.81. The van der Waals surface area contributed by atoms with Gasteiger partial charge >= 0.3 is 0 Å². The Morgan fingerprint density at radius 3 is 2.24 bits per heavy atom. The fourth-order valence-electron chi connectivity index (χ4n) is 2.91. The van der Waals surface area contributed by atoms with Crippen LogP contribution >= 0.6 is 0 Å². The predicted octanol–water partition coefficient (Wildman–Crippen LogP) is 0.599. The number of primary amides is 1. The number of carbonyl (C=O) groups is 4. The SMILES string of the molecule is CCC(=O)N(C)[C@@H](Cc1ccccc1)C(=O)NCC(=O)N[C@@H](CC(C)C)C(N)=O. The fourth-order valence-corrected chi connectivity index (χ4v) is 2.91. The average molecular weight is 405 g/mol. The molecule has 0 unspecified atom stereocenters. The number of benzene rings is 1. The minimum atomic E-state index is -0.788. The number of hydrogen-bond acceptors (Lipinski definition) is 4. The molecule has 0 saturated carbocycles. The molecule has 1 aromatic carbocycles. The summed E-state index contributed by atoms with van der Waals surface area (Å²) >= 11 is 0. The molecule has 4 N–H and O–H groups in total. The van der Waals surface area contributed by atoms with Crippen molar-refractivity contribution in [2.45, 2.75) is 52.1 Å². The summed E-state index contributed by atoms with van der Waals surface area (Å²) in [6.07, 6.45) is 1.01. The third-order valence-electron chi connectivity index (χ3n) is 4.55. The molecular weight excluding hydrogens is 372 g/mol. The summed E-state index contributed by atoms with van der Waals surface area (Å²) < 4.78 is 0. The predicted molar refractivity (Wildman–Crippen MR) is 111 cm³/mol. The minimum absolute atomic E-state index is 0.170. The number of nitrogens with zero attached hydrogens (tertiary/aromatic N) is 1. The van der Waals surface area contributed by atoms with Crippen molar-refractivity contribution in [3.63, 3.8) is 0 Å². The Hall–Kier alpha value is -2.90. The smallest absolute Gasteiger partial charge is 0.243 e. The van der Waals surface area contributed by atoms with Crippen LogP contribution in [0.5, 0.6) is 0 Å². The summed E-state index contributed by atoms with van der Waals surface area (Å²) in [6, 6.07) is 7.80. The average Bonchev–Trinajstić information content (AvgIpc) is 2.68. The van der Waals surface area contributed by atoms with Crippen LogP contribution in [-0.4, -0.2) is 54.2 Å². The Labute approximate surface area is 172 Å². The fraction of sp³-hybridized carbons (Fsp3) is 0.524. The van der Waals surface area contributed by atoms with Gasteiger partial charge in [-0.1, -0.05) is 51.1 Å². The molecule has 0 bridgehead atoms. The van der Waals surface area contributed by atoms with E-state index < -0.39 is 29.8 Å². The largest absolute Gasteiger partial charge is 0.368 e. The third kappa shape index (κ3) is 8.33. The molecule has 0 aliphatic carbocycles. The molecule has 0 aromatic heterocycles. The van der Waals surface area contributed by atoms with Crippen molar-refractivity contribution in [1.29, 1.82) is 0 Å². The number of rotatable bonds is 11. The normalized spacial score (nSPS) is 12.7. The second kappa shape index (κ2) is 11.8. The molecule has 2 atom stereocenters. The first-order valence-corrected chi connectivity index (χ1v) is 9.81. The van der Waals surface area contributed by atoms with Crippen molar-refractivity contribution < 1.29 is 19.2 Å². The Bertz CT molecular complexity index is 706. The Morgan fingerprint density at radius 2 is 1.72 bits per heavy atom. The van der Waals surface area contributed by atoms with Crippen LogP contribution in [0.4, 0.5) is 0 Å². The van der Waals surface area contributed by atoms with Gasteiger partial charge in [0.25, 0.3) is 0 Å². The zero-order valence-corrected chi connectivity index (χ0v) is 17.6. The highest BCUT2D eigenvalue weighted by Gasteiger charge is 2.27. The molecule has 0 heterocycles. The van der Waals surface area contributed by atoms with Crippen molar-refractivity contribution in [1.82, 2.24) is 15.5 Å². The van der Waals surface area contributed by atoms with Crippen LogP contribution in [-0.2, 0) is 25.6 Å². The molecule has 29 heavy (non-hydrogen) atoms.